The van der Waals surface area contributed by atoms with Crippen molar-refractivity contribution in [3.8, 4) is 22.9 Å². The van der Waals surface area contributed by atoms with Gasteiger partial charge in [0.1, 0.15) is 11.5 Å². The largest absolute Gasteiger partial charge is 0.496 e. The Morgan fingerprint density at radius 3 is 1.32 bits per heavy atom. The zero-order valence-electron chi connectivity index (χ0n) is 22.4. The Labute approximate surface area is 233 Å². The van der Waals surface area contributed by atoms with Crippen LogP contribution in [-0.4, -0.2) is 24.2 Å². The van der Waals surface area contributed by atoms with Gasteiger partial charge in [0, 0.05) is 23.2 Å². The zero-order valence-corrected chi connectivity index (χ0v) is 22.4. The number of rotatable bonds is 7. The van der Waals surface area contributed by atoms with Crippen LogP contribution in [0.1, 0.15) is 22.3 Å². The Morgan fingerprint density at radius 2 is 0.900 bits per heavy atom. The summed E-state index contributed by atoms with van der Waals surface area (Å²) in [5.41, 5.74) is 6.02. The average Bonchev–Trinajstić information content (AvgIpc) is 3.02. The minimum Gasteiger partial charge on any atom is -0.496 e. The molecule has 0 amide bonds. The van der Waals surface area contributed by atoms with Gasteiger partial charge in [-0.05, 0) is 69.4 Å². The predicted molar refractivity (Wildman–Crippen MR) is 166 cm³/mol. The number of nitrogens with zero attached hydrogens (tertiary/aromatic N) is 2. The fourth-order valence-electron chi connectivity index (χ4n) is 4.99. The molecule has 0 N–H and O–H groups in total. The second-order valence-corrected chi connectivity index (χ2v) is 9.42. The van der Waals surface area contributed by atoms with Crippen molar-refractivity contribution in [2.45, 2.75) is 0 Å². The number of aromatic nitrogens is 2. The monoisotopic (exact) mass is 520 g/mol. The number of methoxy groups -OCH3 is 2. The highest BCUT2D eigenvalue weighted by Crippen LogP contribution is 2.31. The summed E-state index contributed by atoms with van der Waals surface area (Å²) < 4.78 is 11.1. The fourth-order valence-corrected chi connectivity index (χ4v) is 4.99. The Balaban J connectivity index is 1.27. The summed E-state index contributed by atoms with van der Waals surface area (Å²) in [6.45, 7) is 0. The van der Waals surface area contributed by atoms with Gasteiger partial charge in [-0.3, -0.25) is 9.97 Å². The van der Waals surface area contributed by atoms with Crippen LogP contribution in [0.4, 0.5) is 0 Å². The molecular formula is C36H28N2O2. The lowest BCUT2D eigenvalue weighted by Gasteiger charge is -2.08. The van der Waals surface area contributed by atoms with Gasteiger partial charge < -0.3 is 9.47 Å². The first kappa shape index (κ1) is 25.1. The van der Waals surface area contributed by atoms with Gasteiger partial charge in [0.15, 0.2) is 0 Å². The van der Waals surface area contributed by atoms with Crippen LogP contribution in [0.3, 0.4) is 0 Å². The van der Waals surface area contributed by atoms with E-state index in [1.54, 1.807) is 14.2 Å². The molecule has 6 aromatic rings. The van der Waals surface area contributed by atoms with E-state index in [1.807, 2.05) is 60.9 Å². The van der Waals surface area contributed by atoms with E-state index < -0.39 is 0 Å². The summed E-state index contributed by atoms with van der Waals surface area (Å²) >= 11 is 0. The topological polar surface area (TPSA) is 44.2 Å². The minimum atomic E-state index is 0.826. The van der Waals surface area contributed by atoms with Gasteiger partial charge in [-0.1, -0.05) is 85.0 Å². The number of fused-ring (bicyclic) bond motifs is 2. The van der Waals surface area contributed by atoms with Gasteiger partial charge in [0.2, 0.25) is 0 Å². The number of pyridine rings is 2. The van der Waals surface area contributed by atoms with Crippen LogP contribution < -0.4 is 9.47 Å². The Hall–Kier alpha value is -5.22. The first-order valence-corrected chi connectivity index (χ1v) is 13.1. The molecule has 0 aliphatic heterocycles. The Bertz CT molecular complexity index is 1750. The molecule has 0 aliphatic rings. The second-order valence-electron chi connectivity index (χ2n) is 9.42. The molecule has 0 atom stereocenters. The maximum Gasteiger partial charge on any atom is 0.126 e. The van der Waals surface area contributed by atoms with E-state index in [-0.39, 0.29) is 0 Å². The highest BCUT2D eigenvalue weighted by molar-refractivity contribution is 5.97. The van der Waals surface area contributed by atoms with Gasteiger partial charge in [0.25, 0.3) is 0 Å². The van der Waals surface area contributed by atoms with E-state index in [4.69, 9.17) is 9.47 Å². The highest BCUT2D eigenvalue weighted by atomic mass is 16.5. The summed E-state index contributed by atoms with van der Waals surface area (Å²) in [4.78, 5) is 9.21. The van der Waals surface area contributed by atoms with Crippen LogP contribution in [0, 0.1) is 0 Å². The highest BCUT2D eigenvalue weighted by Gasteiger charge is 2.06. The van der Waals surface area contributed by atoms with Crippen molar-refractivity contribution in [1.82, 2.24) is 9.97 Å². The van der Waals surface area contributed by atoms with Crippen molar-refractivity contribution >= 4 is 45.8 Å². The molecule has 0 saturated heterocycles. The van der Waals surface area contributed by atoms with Crippen molar-refractivity contribution in [2.24, 2.45) is 0 Å². The van der Waals surface area contributed by atoms with Crippen LogP contribution in [0.2, 0.25) is 0 Å². The molecule has 0 fully saturated rings. The van der Waals surface area contributed by atoms with Crippen LogP contribution in [0.5, 0.6) is 11.5 Å². The number of hydrogen-bond donors (Lipinski definition) is 0. The summed E-state index contributed by atoms with van der Waals surface area (Å²) in [5, 5.41) is 4.50. The smallest absolute Gasteiger partial charge is 0.126 e. The zero-order chi connectivity index (χ0) is 27.3. The maximum atomic E-state index is 5.54. The van der Waals surface area contributed by atoms with Gasteiger partial charge in [-0.15, -0.1) is 0 Å². The van der Waals surface area contributed by atoms with Gasteiger partial charge in [-0.2, -0.15) is 0 Å². The second kappa shape index (κ2) is 11.3. The van der Waals surface area contributed by atoms with Crippen LogP contribution >= 0.6 is 0 Å². The SMILES string of the molecule is COc1ccc(/C=C/c2ccnc(-c3cc(/C=C/c4ccc(OC)c5ccccc45)ccn3)c2)c2ccccc12. The van der Waals surface area contributed by atoms with Gasteiger partial charge >= 0.3 is 0 Å². The summed E-state index contributed by atoms with van der Waals surface area (Å²) in [7, 11) is 3.41. The lowest BCUT2D eigenvalue weighted by atomic mass is 10.0. The molecule has 0 spiro atoms. The molecule has 0 radical (unpaired) electrons. The fraction of sp³-hybridized carbons (Fsp3) is 0.0556. The van der Waals surface area contributed by atoms with E-state index in [0.717, 1.165) is 66.7 Å². The van der Waals surface area contributed by atoms with Crippen molar-refractivity contribution in [1.29, 1.82) is 0 Å². The van der Waals surface area contributed by atoms with E-state index in [9.17, 15) is 0 Å². The number of benzene rings is 4. The third kappa shape index (κ3) is 5.07. The van der Waals surface area contributed by atoms with E-state index in [0.29, 0.717) is 0 Å². The summed E-state index contributed by atoms with van der Waals surface area (Å²) in [5.74, 6) is 1.75. The standard InChI is InChI=1S/C36H28N2O2/c1-39-35-17-15-27(29-7-3-5-9-31(29)35)13-11-25-19-21-37-33(23-25)34-24-26(20-22-38-34)12-14-28-16-18-36(40-2)32-10-6-4-8-30(28)32/h3-24H,1-2H3/b13-11+,14-12+. The van der Waals surface area contributed by atoms with E-state index >= 15 is 0 Å². The molecule has 0 unspecified atom stereocenters. The molecule has 6 rings (SSSR count). The Kier molecular flexibility index (Phi) is 7.06. The molecule has 2 heterocycles. The minimum absolute atomic E-state index is 0.826. The molecule has 4 heteroatoms. The van der Waals surface area contributed by atoms with Crippen molar-refractivity contribution in [2.75, 3.05) is 14.2 Å². The lowest BCUT2D eigenvalue weighted by Crippen LogP contribution is -1.89. The summed E-state index contributed by atoms with van der Waals surface area (Å²) in [6, 6.07) is 32.9. The van der Waals surface area contributed by atoms with Crippen LogP contribution in [0.15, 0.2) is 109 Å². The molecule has 4 aromatic carbocycles. The van der Waals surface area contributed by atoms with Gasteiger partial charge in [0.05, 0.1) is 25.6 Å². The van der Waals surface area contributed by atoms with Gasteiger partial charge in [-0.25, -0.2) is 0 Å². The van der Waals surface area contributed by atoms with Crippen LogP contribution in [-0.2, 0) is 0 Å². The third-order valence-corrected chi connectivity index (χ3v) is 7.02. The molecule has 0 aliphatic carbocycles. The van der Waals surface area contributed by atoms with Crippen LogP contribution in [0.25, 0.3) is 57.2 Å². The van der Waals surface area contributed by atoms with E-state index in [1.165, 1.54) is 0 Å². The van der Waals surface area contributed by atoms with E-state index in [2.05, 4.69) is 82.8 Å². The maximum absolute atomic E-state index is 5.54. The average molecular weight is 521 g/mol. The summed E-state index contributed by atoms with van der Waals surface area (Å²) in [6.07, 6.45) is 12.1. The molecule has 2 aromatic heterocycles. The quantitative estimate of drug-likeness (QED) is 0.211. The molecule has 0 bridgehead atoms. The molecule has 0 saturated carbocycles. The lowest BCUT2D eigenvalue weighted by molar-refractivity contribution is 0.419. The van der Waals surface area contributed by atoms with Crippen molar-refractivity contribution in [3.05, 3.63) is 132 Å². The Morgan fingerprint density at radius 1 is 0.475 bits per heavy atom. The predicted octanol–water partition coefficient (Wildman–Crippen LogP) is 8.81. The molecular weight excluding hydrogens is 492 g/mol. The first-order chi connectivity index (χ1) is 19.7. The van der Waals surface area contributed by atoms with Crippen molar-refractivity contribution < 1.29 is 9.47 Å². The number of ether oxygens (including phenoxy) is 2. The molecule has 4 nitrogen and oxygen atoms in total. The normalized spacial score (nSPS) is 11.6. The molecule has 194 valence electrons. The number of hydrogen-bond acceptors (Lipinski definition) is 4. The third-order valence-electron chi connectivity index (χ3n) is 7.02. The first-order valence-electron chi connectivity index (χ1n) is 13.1. The molecule has 40 heavy (non-hydrogen) atoms. The van der Waals surface area contributed by atoms with Crippen molar-refractivity contribution in [3.63, 3.8) is 0 Å².